The van der Waals surface area contributed by atoms with E-state index >= 15 is 0 Å². The maximum absolute atomic E-state index is 12.1. The number of hydrogen-bond donors (Lipinski definition) is 3. The van der Waals surface area contributed by atoms with Crippen LogP contribution in [0.15, 0.2) is 18.2 Å². The fourth-order valence-corrected chi connectivity index (χ4v) is 1.78. The van der Waals surface area contributed by atoms with Crippen molar-refractivity contribution in [2.45, 2.75) is 33.0 Å². The van der Waals surface area contributed by atoms with E-state index in [-0.39, 0.29) is 29.9 Å². The molecule has 0 aliphatic carbocycles. The number of alkyl carbamates (subject to hydrolysis) is 1. The molecule has 1 aromatic carbocycles. The van der Waals surface area contributed by atoms with Crippen LogP contribution in [0.2, 0.25) is 0 Å². The van der Waals surface area contributed by atoms with Crippen LogP contribution in [0.25, 0.3) is 0 Å². The standard InChI is InChI=1S/C15H21N3O6/c1-15(2,3)24-14(21)17-7-6-16-13(20)12-8-11(18(22)23)5-4-10(12)9-19/h4-5,8,19H,6-7,9H2,1-3H3,(H,16,20)(H,17,21). The van der Waals surface area contributed by atoms with Crippen molar-refractivity contribution in [1.29, 1.82) is 0 Å². The molecule has 0 spiro atoms. The smallest absolute Gasteiger partial charge is 0.407 e. The number of aliphatic hydroxyl groups excluding tert-OH is 1. The molecule has 0 saturated carbocycles. The monoisotopic (exact) mass is 339 g/mol. The van der Waals surface area contributed by atoms with E-state index in [1.807, 2.05) is 0 Å². The maximum Gasteiger partial charge on any atom is 0.407 e. The Morgan fingerprint density at radius 1 is 1.25 bits per heavy atom. The number of aliphatic hydroxyl groups is 1. The molecule has 3 N–H and O–H groups in total. The van der Waals surface area contributed by atoms with E-state index in [1.165, 1.54) is 12.1 Å². The molecular formula is C15H21N3O6. The highest BCUT2D eigenvalue weighted by Gasteiger charge is 2.17. The number of non-ortho nitro benzene ring substituents is 1. The third-order valence-corrected chi connectivity index (χ3v) is 2.80. The van der Waals surface area contributed by atoms with Crippen molar-refractivity contribution < 1.29 is 24.4 Å². The molecule has 24 heavy (non-hydrogen) atoms. The average Bonchev–Trinajstić information content (AvgIpc) is 2.48. The highest BCUT2D eigenvalue weighted by atomic mass is 16.6. The van der Waals surface area contributed by atoms with Crippen LogP contribution in [0.1, 0.15) is 36.7 Å². The number of carbonyl (C=O) groups excluding carboxylic acids is 2. The van der Waals surface area contributed by atoms with E-state index in [2.05, 4.69) is 10.6 Å². The fourth-order valence-electron chi connectivity index (χ4n) is 1.78. The van der Waals surface area contributed by atoms with Crippen molar-refractivity contribution in [3.8, 4) is 0 Å². The van der Waals surface area contributed by atoms with Crippen molar-refractivity contribution in [2.75, 3.05) is 13.1 Å². The van der Waals surface area contributed by atoms with Gasteiger partial charge in [0.05, 0.1) is 17.1 Å². The highest BCUT2D eigenvalue weighted by Crippen LogP contribution is 2.18. The molecule has 0 radical (unpaired) electrons. The van der Waals surface area contributed by atoms with Crippen molar-refractivity contribution >= 4 is 17.7 Å². The lowest BCUT2D eigenvalue weighted by Crippen LogP contribution is -2.38. The number of hydrogen-bond acceptors (Lipinski definition) is 6. The molecule has 0 aliphatic heterocycles. The summed E-state index contributed by atoms with van der Waals surface area (Å²) >= 11 is 0. The van der Waals surface area contributed by atoms with Crippen LogP contribution in [0, 0.1) is 10.1 Å². The number of benzene rings is 1. The van der Waals surface area contributed by atoms with Crippen LogP contribution in [-0.2, 0) is 11.3 Å². The predicted octanol–water partition coefficient (Wildman–Crippen LogP) is 1.34. The lowest BCUT2D eigenvalue weighted by atomic mass is 10.1. The topological polar surface area (TPSA) is 131 Å². The van der Waals surface area contributed by atoms with Crippen LogP contribution in [0.3, 0.4) is 0 Å². The zero-order chi connectivity index (χ0) is 18.3. The van der Waals surface area contributed by atoms with Gasteiger partial charge in [0.1, 0.15) is 5.60 Å². The van der Waals surface area contributed by atoms with Crippen LogP contribution in [-0.4, -0.2) is 40.7 Å². The molecule has 0 saturated heterocycles. The molecule has 1 aromatic rings. The second kappa shape index (κ2) is 8.25. The number of rotatable bonds is 6. The van der Waals surface area contributed by atoms with Gasteiger partial charge in [-0.2, -0.15) is 0 Å². The van der Waals surface area contributed by atoms with Crippen LogP contribution < -0.4 is 10.6 Å². The summed E-state index contributed by atoms with van der Waals surface area (Å²) in [6.07, 6.45) is -0.608. The van der Waals surface area contributed by atoms with Gasteiger partial charge >= 0.3 is 6.09 Å². The number of nitro benzene ring substituents is 1. The number of nitrogens with zero attached hydrogens (tertiary/aromatic N) is 1. The van der Waals surface area contributed by atoms with Gasteiger partial charge in [-0.15, -0.1) is 0 Å². The van der Waals surface area contributed by atoms with Crippen LogP contribution >= 0.6 is 0 Å². The SMILES string of the molecule is CC(C)(C)OC(=O)NCCNC(=O)c1cc([N+](=O)[O-])ccc1CO. The number of carbonyl (C=O) groups is 2. The van der Waals surface area contributed by atoms with Gasteiger partial charge in [0.2, 0.25) is 0 Å². The van der Waals surface area contributed by atoms with Gasteiger partial charge in [0.25, 0.3) is 11.6 Å². The molecule has 132 valence electrons. The first-order valence-electron chi connectivity index (χ1n) is 7.27. The van der Waals surface area contributed by atoms with Crippen molar-refractivity contribution in [1.82, 2.24) is 10.6 Å². The minimum Gasteiger partial charge on any atom is -0.444 e. The molecule has 0 fully saturated rings. The summed E-state index contributed by atoms with van der Waals surface area (Å²) in [6.45, 7) is 5.00. The summed E-state index contributed by atoms with van der Waals surface area (Å²) in [5, 5.41) is 25.0. The van der Waals surface area contributed by atoms with Crippen molar-refractivity contribution in [3.63, 3.8) is 0 Å². The summed E-state index contributed by atoms with van der Waals surface area (Å²) in [6, 6.07) is 3.64. The quantitative estimate of drug-likeness (QED) is 0.407. The highest BCUT2D eigenvalue weighted by molar-refractivity contribution is 5.96. The summed E-state index contributed by atoms with van der Waals surface area (Å²) in [7, 11) is 0. The van der Waals surface area contributed by atoms with Gasteiger partial charge in [-0.25, -0.2) is 4.79 Å². The Bertz CT molecular complexity index is 624. The molecule has 0 atom stereocenters. The molecule has 0 aliphatic rings. The fraction of sp³-hybridized carbons (Fsp3) is 0.467. The lowest BCUT2D eigenvalue weighted by Gasteiger charge is -2.19. The predicted molar refractivity (Wildman–Crippen MR) is 85.6 cm³/mol. The number of ether oxygens (including phenoxy) is 1. The van der Waals surface area contributed by atoms with Crippen LogP contribution in [0.5, 0.6) is 0 Å². The second-order valence-electron chi connectivity index (χ2n) is 5.94. The normalized spacial score (nSPS) is 10.8. The minimum atomic E-state index is -0.623. The third-order valence-electron chi connectivity index (χ3n) is 2.80. The Labute approximate surface area is 139 Å². The van der Waals surface area contributed by atoms with E-state index in [0.29, 0.717) is 0 Å². The Balaban J connectivity index is 2.58. The first-order valence-corrected chi connectivity index (χ1v) is 7.27. The van der Waals surface area contributed by atoms with E-state index in [9.17, 15) is 24.8 Å². The summed E-state index contributed by atoms with van der Waals surface area (Å²) in [5.41, 5.74) is -0.571. The summed E-state index contributed by atoms with van der Waals surface area (Å²) in [4.78, 5) is 33.7. The molecule has 2 amide bonds. The summed E-state index contributed by atoms with van der Waals surface area (Å²) < 4.78 is 5.04. The molecule has 0 bridgehead atoms. The molecule has 9 heteroatoms. The Hall–Kier alpha value is -2.68. The van der Waals surface area contributed by atoms with Gasteiger partial charge in [0, 0.05) is 25.2 Å². The average molecular weight is 339 g/mol. The molecule has 1 rings (SSSR count). The van der Waals surface area contributed by atoms with Gasteiger partial charge in [-0.1, -0.05) is 0 Å². The largest absolute Gasteiger partial charge is 0.444 e. The summed E-state index contributed by atoms with van der Waals surface area (Å²) in [5.74, 6) is -0.575. The molecule has 0 heterocycles. The lowest BCUT2D eigenvalue weighted by molar-refractivity contribution is -0.384. The number of nitrogens with one attached hydrogen (secondary N) is 2. The van der Waals surface area contributed by atoms with Crippen LogP contribution in [0.4, 0.5) is 10.5 Å². The molecule has 9 nitrogen and oxygen atoms in total. The molecule has 0 aromatic heterocycles. The van der Waals surface area contributed by atoms with Gasteiger partial charge in [-0.05, 0) is 32.4 Å². The second-order valence-corrected chi connectivity index (χ2v) is 5.94. The van der Waals surface area contributed by atoms with E-state index in [1.54, 1.807) is 20.8 Å². The Morgan fingerprint density at radius 2 is 1.88 bits per heavy atom. The zero-order valence-electron chi connectivity index (χ0n) is 13.8. The Morgan fingerprint density at radius 3 is 2.42 bits per heavy atom. The van der Waals surface area contributed by atoms with Gasteiger partial charge in [-0.3, -0.25) is 14.9 Å². The van der Waals surface area contributed by atoms with E-state index in [0.717, 1.165) is 6.07 Å². The maximum atomic E-state index is 12.1. The number of nitro groups is 1. The van der Waals surface area contributed by atoms with E-state index in [4.69, 9.17) is 4.74 Å². The zero-order valence-corrected chi connectivity index (χ0v) is 13.8. The minimum absolute atomic E-state index is 0.0176. The third kappa shape index (κ3) is 6.21. The van der Waals surface area contributed by atoms with Gasteiger partial charge in [0.15, 0.2) is 0 Å². The Kier molecular flexibility index (Phi) is 6.66. The van der Waals surface area contributed by atoms with Crippen molar-refractivity contribution in [2.24, 2.45) is 0 Å². The first kappa shape index (κ1) is 19.4. The molecular weight excluding hydrogens is 318 g/mol. The molecule has 0 unspecified atom stereocenters. The number of amides is 2. The first-order chi connectivity index (χ1) is 11.1. The van der Waals surface area contributed by atoms with Crippen molar-refractivity contribution in [3.05, 3.63) is 39.4 Å². The van der Waals surface area contributed by atoms with E-state index < -0.39 is 29.1 Å². The van der Waals surface area contributed by atoms with Gasteiger partial charge < -0.3 is 20.5 Å².